The summed E-state index contributed by atoms with van der Waals surface area (Å²) < 4.78 is 48.2. The zero-order chi connectivity index (χ0) is 16.4. The smallest absolute Gasteiger partial charge is 0.417 e. The van der Waals surface area contributed by atoms with E-state index in [-0.39, 0.29) is 18.1 Å². The number of fused-ring (bicyclic) bond motifs is 1. The molecule has 0 spiro atoms. The van der Waals surface area contributed by atoms with Gasteiger partial charge in [-0.15, -0.1) is 0 Å². The number of pyridine rings is 1. The van der Waals surface area contributed by atoms with Crippen LogP contribution in [0, 0.1) is 11.3 Å². The Balaban J connectivity index is 1.98. The number of allylic oxidation sites excluding steroid dienone is 1. The first-order valence-electron chi connectivity index (χ1n) is 6.53. The quantitative estimate of drug-likeness (QED) is 0.788. The number of hydrogen-bond acceptors (Lipinski definition) is 4. The maximum absolute atomic E-state index is 12.5. The topological polar surface area (TPSA) is 55.1 Å². The number of rotatable bonds is 2. The summed E-state index contributed by atoms with van der Waals surface area (Å²) in [6.07, 6.45) is -2.26. The molecule has 1 aliphatic heterocycles. The molecule has 0 fully saturated rings. The maximum Gasteiger partial charge on any atom is 0.417 e. The van der Waals surface area contributed by atoms with Gasteiger partial charge in [-0.05, 0) is 24.3 Å². The van der Waals surface area contributed by atoms with Gasteiger partial charge in [0.15, 0.2) is 11.5 Å². The SMILES string of the molecule is N#C/C(=C\c1cccc2c1OCO2)c1ccc(C(F)(F)F)cn1. The van der Waals surface area contributed by atoms with Crippen molar-refractivity contribution in [2.45, 2.75) is 6.18 Å². The molecule has 1 aromatic heterocycles. The third-order valence-electron chi connectivity index (χ3n) is 3.21. The Morgan fingerprint density at radius 2 is 2.04 bits per heavy atom. The van der Waals surface area contributed by atoms with Crippen LogP contribution < -0.4 is 9.47 Å². The van der Waals surface area contributed by atoms with Crippen LogP contribution in [0.1, 0.15) is 16.8 Å². The minimum absolute atomic E-state index is 0.0839. The van der Waals surface area contributed by atoms with E-state index >= 15 is 0 Å². The standard InChI is InChI=1S/C16H9F3N2O2/c17-16(18,19)12-4-5-13(21-8-12)11(7-20)6-10-2-1-3-14-15(10)23-9-22-14/h1-6,8H,9H2/b11-6+. The second kappa shape index (κ2) is 5.65. The molecular formula is C16H9F3N2O2. The molecule has 116 valence electrons. The van der Waals surface area contributed by atoms with E-state index < -0.39 is 11.7 Å². The van der Waals surface area contributed by atoms with Crippen LogP contribution in [0.5, 0.6) is 11.5 Å². The fourth-order valence-electron chi connectivity index (χ4n) is 2.11. The van der Waals surface area contributed by atoms with Crippen molar-refractivity contribution in [1.82, 2.24) is 4.98 Å². The molecule has 0 saturated carbocycles. The van der Waals surface area contributed by atoms with E-state index in [0.29, 0.717) is 23.3 Å². The highest BCUT2D eigenvalue weighted by atomic mass is 19.4. The van der Waals surface area contributed by atoms with Gasteiger partial charge in [-0.2, -0.15) is 18.4 Å². The van der Waals surface area contributed by atoms with E-state index in [9.17, 15) is 18.4 Å². The van der Waals surface area contributed by atoms with E-state index in [2.05, 4.69) is 4.98 Å². The van der Waals surface area contributed by atoms with Crippen molar-refractivity contribution < 1.29 is 22.6 Å². The highest BCUT2D eigenvalue weighted by Gasteiger charge is 2.30. The molecule has 4 nitrogen and oxygen atoms in total. The van der Waals surface area contributed by atoms with E-state index in [0.717, 1.165) is 6.07 Å². The van der Waals surface area contributed by atoms with Gasteiger partial charge in [0.25, 0.3) is 0 Å². The minimum Gasteiger partial charge on any atom is -0.454 e. The van der Waals surface area contributed by atoms with Gasteiger partial charge in [0, 0.05) is 11.8 Å². The van der Waals surface area contributed by atoms with Crippen LogP contribution in [0.15, 0.2) is 36.5 Å². The van der Waals surface area contributed by atoms with Gasteiger partial charge in [-0.25, -0.2) is 0 Å². The molecule has 0 radical (unpaired) electrons. The lowest BCUT2D eigenvalue weighted by molar-refractivity contribution is -0.137. The van der Waals surface area contributed by atoms with Gasteiger partial charge in [0.1, 0.15) is 6.07 Å². The van der Waals surface area contributed by atoms with Gasteiger partial charge in [0.2, 0.25) is 6.79 Å². The van der Waals surface area contributed by atoms with Crippen molar-refractivity contribution in [2.24, 2.45) is 0 Å². The predicted molar refractivity (Wildman–Crippen MR) is 75.3 cm³/mol. The number of hydrogen-bond donors (Lipinski definition) is 0. The van der Waals surface area contributed by atoms with Crippen LogP contribution in [-0.2, 0) is 6.18 Å². The predicted octanol–water partition coefficient (Wildman–Crippen LogP) is 3.89. The molecule has 0 atom stereocenters. The third kappa shape index (κ3) is 2.97. The summed E-state index contributed by atoms with van der Waals surface area (Å²) >= 11 is 0. The average molecular weight is 318 g/mol. The van der Waals surface area contributed by atoms with Crippen molar-refractivity contribution in [3.05, 3.63) is 53.3 Å². The van der Waals surface area contributed by atoms with Crippen molar-refractivity contribution >= 4 is 11.6 Å². The van der Waals surface area contributed by atoms with Gasteiger partial charge in [-0.3, -0.25) is 4.98 Å². The highest BCUT2D eigenvalue weighted by Crippen LogP contribution is 2.37. The van der Waals surface area contributed by atoms with Gasteiger partial charge in [0.05, 0.1) is 16.8 Å². The van der Waals surface area contributed by atoms with E-state index in [4.69, 9.17) is 9.47 Å². The van der Waals surface area contributed by atoms with Crippen LogP contribution in [0.4, 0.5) is 13.2 Å². The number of halogens is 3. The van der Waals surface area contributed by atoms with E-state index in [1.54, 1.807) is 18.2 Å². The largest absolute Gasteiger partial charge is 0.454 e. The summed E-state index contributed by atoms with van der Waals surface area (Å²) in [4.78, 5) is 3.72. The molecular weight excluding hydrogens is 309 g/mol. The van der Waals surface area contributed by atoms with Gasteiger partial charge in [-0.1, -0.05) is 12.1 Å². The van der Waals surface area contributed by atoms with Crippen LogP contribution in [-0.4, -0.2) is 11.8 Å². The normalized spacial score (nSPS) is 13.7. The summed E-state index contributed by atoms with van der Waals surface area (Å²) in [5, 5.41) is 9.27. The van der Waals surface area contributed by atoms with Crippen molar-refractivity contribution in [2.75, 3.05) is 6.79 Å². The Kier molecular flexibility index (Phi) is 3.66. The molecule has 0 unspecified atom stereocenters. The van der Waals surface area contributed by atoms with Gasteiger partial charge < -0.3 is 9.47 Å². The summed E-state index contributed by atoms with van der Waals surface area (Å²) in [7, 11) is 0. The first-order chi connectivity index (χ1) is 11.0. The Bertz CT molecular complexity index is 806. The number of para-hydroxylation sites is 1. The number of ether oxygens (including phenoxy) is 2. The molecule has 0 N–H and O–H groups in total. The molecule has 2 aromatic rings. The molecule has 1 aliphatic rings. The molecule has 0 saturated heterocycles. The Hall–Kier alpha value is -3.01. The number of aromatic nitrogens is 1. The lowest BCUT2D eigenvalue weighted by Crippen LogP contribution is -2.05. The molecule has 23 heavy (non-hydrogen) atoms. The van der Waals surface area contributed by atoms with E-state index in [1.807, 2.05) is 6.07 Å². The van der Waals surface area contributed by atoms with Crippen molar-refractivity contribution in [3.63, 3.8) is 0 Å². The number of alkyl halides is 3. The molecule has 0 aliphatic carbocycles. The fraction of sp³-hybridized carbons (Fsp3) is 0.125. The lowest BCUT2D eigenvalue weighted by Gasteiger charge is -2.07. The lowest BCUT2D eigenvalue weighted by atomic mass is 10.1. The molecule has 0 bridgehead atoms. The summed E-state index contributed by atoms with van der Waals surface area (Å²) in [5.41, 5.74) is 0.00812. The summed E-state index contributed by atoms with van der Waals surface area (Å²) in [6, 6.07) is 9.17. The number of nitriles is 1. The first kappa shape index (κ1) is 14.9. The molecule has 1 aromatic carbocycles. The Morgan fingerprint density at radius 1 is 1.22 bits per heavy atom. The first-order valence-corrected chi connectivity index (χ1v) is 6.53. The molecule has 3 rings (SSSR count). The molecule has 2 heterocycles. The zero-order valence-corrected chi connectivity index (χ0v) is 11.6. The van der Waals surface area contributed by atoms with Crippen LogP contribution in [0.3, 0.4) is 0 Å². The fourth-order valence-corrected chi connectivity index (χ4v) is 2.11. The van der Waals surface area contributed by atoms with Crippen LogP contribution >= 0.6 is 0 Å². The van der Waals surface area contributed by atoms with Crippen LogP contribution in [0.2, 0.25) is 0 Å². The summed E-state index contributed by atoms with van der Waals surface area (Å²) in [5.74, 6) is 1.04. The van der Waals surface area contributed by atoms with Crippen molar-refractivity contribution in [1.29, 1.82) is 5.26 Å². The average Bonchev–Trinajstić information content (AvgIpc) is 3.01. The summed E-state index contributed by atoms with van der Waals surface area (Å²) in [6.45, 7) is 0.0839. The third-order valence-corrected chi connectivity index (χ3v) is 3.21. The number of benzene rings is 1. The highest BCUT2D eigenvalue weighted by molar-refractivity contribution is 5.89. The monoisotopic (exact) mass is 318 g/mol. The zero-order valence-electron chi connectivity index (χ0n) is 11.6. The van der Waals surface area contributed by atoms with Gasteiger partial charge >= 0.3 is 6.18 Å². The maximum atomic E-state index is 12.5. The van der Waals surface area contributed by atoms with E-state index in [1.165, 1.54) is 12.1 Å². The number of nitrogens with zero attached hydrogens (tertiary/aromatic N) is 2. The second-order valence-electron chi connectivity index (χ2n) is 4.68. The Labute approximate surface area is 129 Å². The van der Waals surface area contributed by atoms with Crippen molar-refractivity contribution in [3.8, 4) is 17.6 Å². The molecule has 0 amide bonds. The Morgan fingerprint density at radius 3 is 2.70 bits per heavy atom. The molecule has 7 heteroatoms. The van der Waals surface area contributed by atoms with Crippen LogP contribution in [0.25, 0.3) is 11.6 Å². The second-order valence-corrected chi connectivity index (χ2v) is 4.68. The minimum atomic E-state index is -4.46.